The van der Waals surface area contributed by atoms with Crippen LogP contribution in [0.4, 0.5) is 4.39 Å². The number of hydrogen-bond acceptors (Lipinski definition) is 2. The first-order valence-corrected chi connectivity index (χ1v) is 5.94. The van der Waals surface area contributed by atoms with Crippen LogP contribution in [-0.4, -0.2) is 10.1 Å². The standard InChI is InChI=1S/C14H13ClFNO/c1-14(18,13-6-5-12(16)9-17-13)8-10-3-2-4-11(15)7-10/h2-7,9,18H,8H2,1H3. The zero-order valence-corrected chi connectivity index (χ0v) is 10.7. The molecular weight excluding hydrogens is 253 g/mol. The van der Waals surface area contributed by atoms with E-state index in [9.17, 15) is 9.50 Å². The Labute approximate surface area is 110 Å². The van der Waals surface area contributed by atoms with Crippen molar-refractivity contribution in [3.8, 4) is 0 Å². The van der Waals surface area contributed by atoms with E-state index in [1.807, 2.05) is 12.1 Å². The average Bonchev–Trinajstić information content (AvgIpc) is 2.29. The molecule has 0 saturated carbocycles. The molecule has 0 aliphatic rings. The SMILES string of the molecule is CC(O)(Cc1cccc(Cl)c1)c1ccc(F)cn1. The van der Waals surface area contributed by atoms with E-state index in [0.717, 1.165) is 11.8 Å². The quantitative estimate of drug-likeness (QED) is 0.923. The van der Waals surface area contributed by atoms with Crippen molar-refractivity contribution < 1.29 is 9.50 Å². The van der Waals surface area contributed by atoms with Crippen LogP contribution in [0, 0.1) is 5.82 Å². The van der Waals surface area contributed by atoms with Gasteiger partial charge >= 0.3 is 0 Å². The number of benzene rings is 1. The van der Waals surface area contributed by atoms with Crippen molar-refractivity contribution in [2.45, 2.75) is 18.9 Å². The van der Waals surface area contributed by atoms with E-state index in [-0.39, 0.29) is 0 Å². The maximum Gasteiger partial charge on any atom is 0.141 e. The highest BCUT2D eigenvalue weighted by molar-refractivity contribution is 6.30. The Kier molecular flexibility index (Phi) is 3.64. The molecule has 94 valence electrons. The average molecular weight is 266 g/mol. The smallest absolute Gasteiger partial charge is 0.141 e. The van der Waals surface area contributed by atoms with Crippen molar-refractivity contribution in [2.24, 2.45) is 0 Å². The van der Waals surface area contributed by atoms with Crippen LogP contribution in [0.25, 0.3) is 0 Å². The third-order valence-electron chi connectivity index (χ3n) is 2.72. The van der Waals surface area contributed by atoms with Gasteiger partial charge in [-0.05, 0) is 36.8 Å². The molecule has 18 heavy (non-hydrogen) atoms. The molecule has 4 heteroatoms. The summed E-state index contributed by atoms with van der Waals surface area (Å²) in [5.41, 5.74) is 0.181. The minimum absolute atomic E-state index is 0.367. The molecule has 0 saturated heterocycles. The molecule has 0 bridgehead atoms. The molecule has 0 spiro atoms. The first-order chi connectivity index (χ1) is 8.47. The normalized spacial score (nSPS) is 14.2. The molecule has 1 aromatic carbocycles. The summed E-state index contributed by atoms with van der Waals surface area (Å²) in [7, 11) is 0. The maximum absolute atomic E-state index is 12.8. The number of pyridine rings is 1. The molecule has 0 aliphatic heterocycles. The Hall–Kier alpha value is -1.45. The number of rotatable bonds is 3. The van der Waals surface area contributed by atoms with Gasteiger partial charge in [-0.3, -0.25) is 4.98 Å². The lowest BCUT2D eigenvalue weighted by molar-refractivity contribution is 0.0529. The molecule has 1 atom stereocenters. The third-order valence-corrected chi connectivity index (χ3v) is 2.95. The molecule has 0 amide bonds. The molecule has 0 radical (unpaired) electrons. The van der Waals surface area contributed by atoms with Crippen LogP contribution in [0.5, 0.6) is 0 Å². The Morgan fingerprint density at radius 3 is 2.72 bits per heavy atom. The van der Waals surface area contributed by atoms with Gasteiger partial charge in [-0.15, -0.1) is 0 Å². The summed E-state index contributed by atoms with van der Waals surface area (Å²) in [6.07, 6.45) is 1.47. The molecule has 2 nitrogen and oxygen atoms in total. The second-order valence-corrected chi connectivity index (χ2v) is 4.88. The highest BCUT2D eigenvalue weighted by atomic mass is 35.5. The van der Waals surface area contributed by atoms with Crippen molar-refractivity contribution >= 4 is 11.6 Å². The molecule has 2 rings (SSSR count). The lowest BCUT2D eigenvalue weighted by Gasteiger charge is -2.22. The molecule has 0 fully saturated rings. The van der Waals surface area contributed by atoms with Crippen LogP contribution in [-0.2, 0) is 12.0 Å². The van der Waals surface area contributed by atoms with E-state index in [1.165, 1.54) is 12.1 Å². The number of halogens is 2. The second-order valence-electron chi connectivity index (χ2n) is 4.44. The topological polar surface area (TPSA) is 33.1 Å². The fraction of sp³-hybridized carbons (Fsp3) is 0.214. The van der Waals surface area contributed by atoms with Crippen LogP contribution in [0.15, 0.2) is 42.6 Å². The van der Waals surface area contributed by atoms with E-state index < -0.39 is 11.4 Å². The van der Waals surface area contributed by atoms with Gasteiger partial charge in [-0.1, -0.05) is 23.7 Å². The number of nitrogens with zero attached hydrogens (tertiary/aromatic N) is 1. The molecule has 1 unspecified atom stereocenters. The van der Waals surface area contributed by atoms with Crippen LogP contribution in [0.3, 0.4) is 0 Å². The summed E-state index contributed by atoms with van der Waals surface area (Å²) in [6.45, 7) is 1.65. The fourth-order valence-corrected chi connectivity index (χ4v) is 2.04. The van der Waals surface area contributed by atoms with Gasteiger partial charge in [-0.2, -0.15) is 0 Å². The van der Waals surface area contributed by atoms with E-state index in [2.05, 4.69) is 4.98 Å². The predicted molar refractivity (Wildman–Crippen MR) is 68.9 cm³/mol. The Morgan fingerprint density at radius 1 is 1.33 bits per heavy atom. The molecule has 1 heterocycles. The first-order valence-electron chi connectivity index (χ1n) is 5.56. The summed E-state index contributed by atoms with van der Waals surface area (Å²) < 4.78 is 12.8. The molecule has 1 N–H and O–H groups in total. The fourth-order valence-electron chi connectivity index (χ4n) is 1.83. The van der Waals surface area contributed by atoms with Gasteiger partial charge in [0.05, 0.1) is 11.9 Å². The van der Waals surface area contributed by atoms with Crippen molar-refractivity contribution in [3.63, 3.8) is 0 Å². The monoisotopic (exact) mass is 265 g/mol. The lowest BCUT2D eigenvalue weighted by atomic mass is 9.93. The predicted octanol–water partition coefficient (Wildman–Crippen LogP) is 3.32. The molecule has 2 aromatic rings. The van der Waals surface area contributed by atoms with Gasteiger partial charge in [0.1, 0.15) is 11.4 Å². The van der Waals surface area contributed by atoms with Gasteiger partial charge in [0.15, 0.2) is 0 Å². The van der Waals surface area contributed by atoms with Crippen LogP contribution in [0.1, 0.15) is 18.2 Å². The van der Waals surface area contributed by atoms with Crippen LogP contribution in [0.2, 0.25) is 5.02 Å². The maximum atomic E-state index is 12.8. The minimum atomic E-state index is -1.15. The summed E-state index contributed by atoms with van der Waals surface area (Å²) in [5, 5.41) is 11.0. The molecule has 0 aliphatic carbocycles. The number of hydrogen-bond donors (Lipinski definition) is 1. The van der Waals surface area contributed by atoms with Crippen LogP contribution >= 0.6 is 11.6 Å². The largest absolute Gasteiger partial charge is 0.383 e. The highest BCUT2D eigenvalue weighted by Crippen LogP contribution is 2.24. The van der Waals surface area contributed by atoms with Gasteiger partial charge in [0.25, 0.3) is 0 Å². The van der Waals surface area contributed by atoms with Gasteiger partial charge < -0.3 is 5.11 Å². The Morgan fingerprint density at radius 2 is 2.11 bits per heavy atom. The van der Waals surface area contributed by atoms with Crippen molar-refractivity contribution in [2.75, 3.05) is 0 Å². The van der Waals surface area contributed by atoms with E-state index in [0.29, 0.717) is 17.1 Å². The Bertz CT molecular complexity index is 540. The summed E-state index contributed by atoms with van der Waals surface area (Å²) in [6, 6.07) is 10.0. The first kappa shape index (κ1) is 13.0. The number of aliphatic hydroxyl groups is 1. The van der Waals surface area contributed by atoms with Crippen LogP contribution < -0.4 is 0 Å². The van der Waals surface area contributed by atoms with Crippen molar-refractivity contribution in [1.29, 1.82) is 0 Å². The lowest BCUT2D eigenvalue weighted by Crippen LogP contribution is -2.25. The van der Waals surface area contributed by atoms with Crippen molar-refractivity contribution in [1.82, 2.24) is 4.98 Å². The summed E-state index contributed by atoms with van der Waals surface area (Å²) in [4.78, 5) is 3.91. The highest BCUT2D eigenvalue weighted by Gasteiger charge is 2.25. The Balaban J connectivity index is 2.23. The van der Waals surface area contributed by atoms with Gasteiger partial charge in [-0.25, -0.2) is 4.39 Å². The van der Waals surface area contributed by atoms with Gasteiger partial charge in [0, 0.05) is 11.4 Å². The summed E-state index contributed by atoms with van der Waals surface area (Å²) in [5.74, 6) is -0.419. The summed E-state index contributed by atoms with van der Waals surface area (Å²) >= 11 is 5.89. The minimum Gasteiger partial charge on any atom is -0.383 e. The molecule has 1 aromatic heterocycles. The second kappa shape index (κ2) is 5.04. The van der Waals surface area contributed by atoms with E-state index in [4.69, 9.17) is 11.6 Å². The molecular formula is C14H13ClFNO. The zero-order chi connectivity index (χ0) is 13.2. The zero-order valence-electron chi connectivity index (χ0n) is 9.90. The van der Waals surface area contributed by atoms with E-state index >= 15 is 0 Å². The van der Waals surface area contributed by atoms with E-state index in [1.54, 1.807) is 19.1 Å². The number of aromatic nitrogens is 1. The third kappa shape index (κ3) is 3.06. The van der Waals surface area contributed by atoms with Gasteiger partial charge in [0.2, 0.25) is 0 Å². The van der Waals surface area contributed by atoms with Crippen molar-refractivity contribution in [3.05, 3.63) is 64.7 Å².